The maximum absolute atomic E-state index is 13.5. The first-order chi connectivity index (χ1) is 13.9. The lowest BCUT2D eigenvalue weighted by molar-refractivity contribution is -0.155. The summed E-state index contributed by atoms with van der Waals surface area (Å²) in [6, 6.07) is 19.9. The largest absolute Gasteiger partial charge is 0.465 e. The molecule has 0 bridgehead atoms. The maximum atomic E-state index is 13.5. The fourth-order valence-electron chi connectivity index (χ4n) is 4.28. The van der Waals surface area contributed by atoms with Crippen molar-refractivity contribution in [3.8, 4) is 0 Å². The lowest BCUT2D eigenvalue weighted by atomic mass is 9.61. The van der Waals surface area contributed by atoms with E-state index >= 15 is 0 Å². The monoisotopic (exact) mass is 388 g/mol. The Bertz CT molecular complexity index is 954. The van der Waals surface area contributed by atoms with Gasteiger partial charge in [0.15, 0.2) is 5.78 Å². The van der Waals surface area contributed by atoms with Crippen LogP contribution < -0.4 is 0 Å². The van der Waals surface area contributed by atoms with E-state index in [1.165, 1.54) is 0 Å². The number of benzene rings is 2. The Morgan fingerprint density at radius 3 is 2.17 bits per heavy atom. The fourth-order valence-corrected chi connectivity index (χ4v) is 4.28. The fraction of sp³-hybridized carbons (Fsp3) is 0.308. The molecule has 0 saturated carbocycles. The van der Waals surface area contributed by atoms with Gasteiger partial charge in [0.25, 0.3) is 0 Å². The zero-order valence-corrected chi connectivity index (χ0v) is 17.6. The molecule has 150 valence electrons. The number of hydrogen-bond acceptors (Lipinski definition) is 3. The molecular formula is C26H28O3. The number of allylic oxidation sites excluding steroid dienone is 2. The molecule has 0 aliphatic heterocycles. The van der Waals surface area contributed by atoms with Gasteiger partial charge in [0.1, 0.15) is 5.41 Å². The Balaban J connectivity index is 2.34. The standard InChI is InChI=1S/C26H28O3/c1-5-21-18(3)24(27)26(4,25(28)29-6-2)22(17-19-13-9-7-10-14-19)23(21)20-15-11-8-12-16-20/h7-17,23H,5-6H2,1-4H3/b22-17-. The molecule has 2 unspecified atom stereocenters. The predicted molar refractivity (Wildman–Crippen MR) is 116 cm³/mol. The predicted octanol–water partition coefficient (Wildman–Crippen LogP) is 5.73. The van der Waals surface area contributed by atoms with Crippen LogP contribution in [-0.4, -0.2) is 18.4 Å². The highest BCUT2D eigenvalue weighted by Crippen LogP contribution is 2.51. The van der Waals surface area contributed by atoms with Gasteiger partial charge < -0.3 is 4.74 Å². The van der Waals surface area contributed by atoms with E-state index in [0.717, 1.165) is 28.7 Å². The molecule has 3 rings (SSSR count). The molecule has 0 amide bonds. The number of Topliss-reactive ketones (excluding diaryl/α,β-unsaturated/α-hetero) is 1. The molecule has 3 nitrogen and oxygen atoms in total. The summed E-state index contributed by atoms with van der Waals surface area (Å²) in [7, 11) is 0. The summed E-state index contributed by atoms with van der Waals surface area (Å²) in [6.45, 7) is 7.63. The van der Waals surface area contributed by atoms with E-state index in [2.05, 4.69) is 19.1 Å². The van der Waals surface area contributed by atoms with Crippen LogP contribution in [0.25, 0.3) is 6.08 Å². The summed E-state index contributed by atoms with van der Waals surface area (Å²) in [5.74, 6) is -0.793. The summed E-state index contributed by atoms with van der Waals surface area (Å²) in [6.07, 6.45) is 2.73. The third kappa shape index (κ3) is 3.69. The van der Waals surface area contributed by atoms with Crippen molar-refractivity contribution in [1.29, 1.82) is 0 Å². The van der Waals surface area contributed by atoms with Crippen LogP contribution in [0.5, 0.6) is 0 Å². The van der Waals surface area contributed by atoms with Crippen molar-refractivity contribution < 1.29 is 14.3 Å². The Kier molecular flexibility index (Phi) is 6.17. The van der Waals surface area contributed by atoms with E-state index in [9.17, 15) is 9.59 Å². The minimum absolute atomic E-state index is 0.145. The van der Waals surface area contributed by atoms with Crippen LogP contribution >= 0.6 is 0 Å². The number of esters is 1. The molecule has 0 fully saturated rings. The van der Waals surface area contributed by atoms with Gasteiger partial charge in [0, 0.05) is 5.92 Å². The van der Waals surface area contributed by atoms with Gasteiger partial charge in [-0.15, -0.1) is 0 Å². The third-order valence-electron chi connectivity index (χ3n) is 5.83. The molecule has 0 saturated heterocycles. The molecule has 0 heterocycles. The van der Waals surface area contributed by atoms with Gasteiger partial charge >= 0.3 is 5.97 Å². The van der Waals surface area contributed by atoms with Crippen LogP contribution in [-0.2, 0) is 14.3 Å². The minimum Gasteiger partial charge on any atom is -0.465 e. The summed E-state index contributed by atoms with van der Waals surface area (Å²) < 4.78 is 5.40. The molecule has 2 aromatic rings. The highest BCUT2D eigenvalue weighted by atomic mass is 16.5. The first kappa shape index (κ1) is 20.8. The van der Waals surface area contributed by atoms with Gasteiger partial charge in [-0.2, -0.15) is 0 Å². The molecule has 1 aliphatic rings. The number of carbonyl (C=O) groups is 2. The number of rotatable bonds is 5. The Morgan fingerprint density at radius 2 is 1.62 bits per heavy atom. The van der Waals surface area contributed by atoms with Crippen LogP contribution in [0.15, 0.2) is 77.4 Å². The second-order valence-corrected chi connectivity index (χ2v) is 7.53. The summed E-state index contributed by atoms with van der Waals surface area (Å²) in [4.78, 5) is 26.7. The molecule has 2 atom stereocenters. The van der Waals surface area contributed by atoms with Crippen LogP contribution in [0.2, 0.25) is 0 Å². The second kappa shape index (κ2) is 8.60. The average molecular weight is 389 g/mol. The molecule has 1 aliphatic carbocycles. The van der Waals surface area contributed by atoms with E-state index in [4.69, 9.17) is 4.74 Å². The molecule has 29 heavy (non-hydrogen) atoms. The SMILES string of the molecule is CCOC(=O)C1(C)C(=O)C(C)=C(CC)C(c2ccccc2)/C1=C/c1ccccc1. The quantitative estimate of drug-likeness (QED) is 0.485. The van der Waals surface area contributed by atoms with Crippen molar-refractivity contribution in [2.45, 2.75) is 40.0 Å². The van der Waals surface area contributed by atoms with Crippen molar-refractivity contribution in [3.63, 3.8) is 0 Å². The zero-order valence-electron chi connectivity index (χ0n) is 17.6. The zero-order chi connectivity index (χ0) is 21.0. The smallest absolute Gasteiger partial charge is 0.323 e. The Morgan fingerprint density at radius 1 is 1.03 bits per heavy atom. The topological polar surface area (TPSA) is 43.4 Å². The van der Waals surface area contributed by atoms with Crippen LogP contribution in [0, 0.1) is 5.41 Å². The summed E-state index contributed by atoms with van der Waals surface area (Å²) in [5.41, 5.74) is 3.19. The van der Waals surface area contributed by atoms with Crippen molar-refractivity contribution in [2.24, 2.45) is 5.41 Å². The Hall–Kier alpha value is -2.94. The normalized spacial score (nSPS) is 23.4. The maximum Gasteiger partial charge on any atom is 0.323 e. The molecule has 2 aromatic carbocycles. The van der Waals surface area contributed by atoms with E-state index in [1.54, 1.807) is 13.8 Å². The number of carbonyl (C=O) groups excluding carboxylic acids is 2. The Labute approximate surface area is 173 Å². The lowest BCUT2D eigenvalue weighted by Gasteiger charge is -2.40. The third-order valence-corrected chi connectivity index (χ3v) is 5.83. The first-order valence-corrected chi connectivity index (χ1v) is 10.2. The number of ketones is 1. The van der Waals surface area contributed by atoms with Crippen molar-refractivity contribution in [3.05, 3.63) is 88.5 Å². The van der Waals surface area contributed by atoms with Crippen LogP contribution in [0.4, 0.5) is 0 Å². The van der Waals surface area contributed by atoms with E-state index in [1.807, 2.05) is 61.5 Å². The van der Waals surface area contributed by atoms with E-state index < -0.39 is 11.4 Å². The van der Waals surface area contributed by atoms with Crippen LogP contribution in [0.3, 0.4) is 0 Å². The highest BCUT2D eigenvalue weighted by Gasteiger charge is 2.52. The molecular weight excluding hydrogens is 360 g/mol. The number of hydrogen-bond donors (Lipinski definition) is 0. The first-order valence-electron chi connectivity index (χ1n) is 10.2. The molecule has 0 radical (unpaired) electrons. The van der Waals surface area contributed by atoms with Gasteiger partial charge in [-0.25, -0.2) is 0 Å². The highest BCUT2D eigenvalue weighted by molar-refractivity contribution is 6.17. The van der Waals surface area contributed by atoms with Crippen molar-refractivity contribution >= 4 is 17.8 Å². The van der Waals surface area contributed by atoms with Crippen molar-refractivity contribution in [2.75, 3.05) is 6.61 Å². The minimum atomic E-state index is -1.35. The number of ether oxygens (including phenoxy) is 1. The summed E-state index contributed by atoms with van der Waals surface area (Å²) in [5, 5.41) is 0. The van der Waals surface area contributed by atoms with Gasteiger partial charge in [0.2, 0.25) is 0 Å². The molecule has 0 N–H and O–H groups in total. The average Bonchev–Trinajstić information content (AvgIpc) is 2.75. The second-order valence-electron chi connectivity index (χ2n) is 7.53. The summed E-state index contributed by atoms with van der Waals surface area (Å²) >= 11 is 0. The van der Waals surface area contributed by atoms with Gasteiger partial charge in [0.05, 0.1) is 6.61 Å². The van der Waals surface area contributed by atoms with E-state index in [-0.39, 0.29) is 18.3 Å². The van der Waals surface area contributed by atoms with Gasteiger partial charge in [-0.1, -0.05) is 79.2 Å². The van der Waals surface area contributed by atoms with Gasteiger partial charge in [-0.05, 0) is 49.5 Å². The van der Waals surface area contributed by atoms with E-state index in [0.29, 0.717) is 5.57 Å². The van der Waals surface area contributed by atoms with Gasteiger partial charge in [-0.3, -0.25) is 9.59 Å². The lowest BCUT2D eigenvalue weighted by Crippen LogP contribution is -2.45. The van der Waals surface area contributed by atoms with Crippen molar-refractivity contribution in [1.82, 2.24) is 0 Å². The van der Waals surface area contributed by atoms with Crippen LogP contribution in [0.1, 0.15) is 51.2 Å². The molecule has 0 spiro atoms. The molecule has 3 heteroatoms. The molecule has 0 aromatic heterocycles.